The van der Waals surface area contributed by atoms with Gasteiger partial charge >= 0.3 is 192 Å². The van der Waals surface area contributed by atoms with E-state index in [9.17, 15) is 4.79 Å². The molecule has 1 atom stereocenters. The Hall–Kier alpha value is -2.55. The van der Waals surface area contributed by atoms with Gasteiger partial charge in [0.1, 0.15) is 0 Å². The van der Waals surface area contributed by atoms with Crippen LogP contribution in [-0.2, 0) is 14.9 Å². The number of rotatable bonds is 9. The molecular formula is C28H34O3Se. The molecule has 0 heterocycles. The van der Waals surface area contributed by atoms with Crippen LogP contribution >= 0.6 is 0 Å². The Bertz CT molecular complexity index is 994. The second-order valence-corrected chi connectivity index (χ2v) is 9.75. The van der Waals surface area contributed by atoms with E-state index in [-0.39, 0.29) is 13.4 Å². The molecule has 0 bridgehead atoms. The summed E-state index contributed by atoms with van der Waals surface area (Å²) in [6, 6.07) is 23.8. The van der Waals surface area contributed by atoms with Crippen LogP contribution in [0.4, 0.5) is 0 Å². The fourth-order valence-electron chi connectivity index (χ4n) is 3.24. The molecule has 32 heavy (non-hydrogen) atoms. The number of esters is 1. The summed E-state index contributed by atoms with van der Waals surface area (Å²) in [7, 11) is 0. The molecule has 0 aliphatic carbocycles. The normalized spacial score (nSPS) is 11.4. The molecule has 4 heteroatoms. The first-order chi connectivity index (χ1) is 15.0. The van der Waals surface area contributed by atoms with Gasteiger partial charge in [-0.05, 0) is 0 Å². The number of carbonyl (C=O) groups excluding carboxylic acids is 1. The molecule has 0 aliphatic rings. The minimum atomic E-state index is -0.554. The number of ether oxygens (including phenoxy) is 2. The Kier molecular flexibility index (Phi) is 10.0. The molecule has 0 N–H and O–H groups in total. The summed E-state index contributed by atoms with van der Waals surface area (Å²) in [6.07, 6.45) is 0.0322. The predicted molar refractivity (Wildman–Crippen MR) is 135 cm³/mol. The maximum absolute atomic E-state index is 12.0. The summed E-state index contributed by atoms with van der Waals surface area (Å²) in [5.74, 6) is 0.452. The van der Waals surface area contributed by atoms with Crippen molar-refractivity contribution in [2.45, 2.75) is 53.0 Å². The van der Waals surface area contributed by atoms with Crippen molar-refractivity contribution in [1.29, 1.82) is 0 Å². The summed E-state index contributed by atoms with van der Waals surface area (Å²) in [6.45, 7) is 8.24. The van der Waals surface area contributed by atoms with Crippen LogP contribution in [0.5, 0.6) is 5.75 Å². The fourth-order valence-corrected chi connectivity index (χ4v) is 5.23. The SMILES string of the molecule is C.CCOC(=O)C(CC)Oc1ccc([Se]Cc2ccc(-c3ccc(C)cc3)cc2)cc1C. The predicted octanol–water partition coefficient (Wildman–Crippen LogP) is 5.86. The van der Waals surface area contributed by atoms with Gasteiger partial charge in [-0.2, -0.15) is 0 Å². The van der Waals surface area contributed by atoms with Crippen LogP contribution in [0.25, 0.3) is 11.1 Å². The molecule has 0 saturated heterocycles. The van der Waals surface area contributed by atoms with Crippen molar-refractivity contribution in [3.63, 3.8) is 0 Å². The van der Waals surface area contributed by atoms with Gasteiger partial charge in [0.2, 0.25) is 0 Å². The summed E-state index contributed by atoms with van der Waals surface area (Å²) in [5.41, 5.74) is 6.18. The van der Waals surface area contributed by atoms with Crippen LogP contribution in [-0.4, -0.2) is 33.6 Å². The van der Waals surface area contributed by atoms with Crippen molar-refractivity contribution in [2.75, 3.05) is 6.61 Å². The summed E-state index contributed by atoms with van der Waals surface area (Å²) in [5, 5.41) is 1.04. The standard InChI is InChI=1S/C27H30O3Se.CH4/c1-5-25(27(28)29-6-2)30-26-16-15-24(17-20(26)4)31-18-21-9-13-23(14-10-21)22-11-7-19(3)8-12-22;/h7-17,25H,5-6,18H2,1-4H3;1H4. The van der Waals surface area contributed by atoms with Gasteiger partial charge in [-0.1, -0.05) is 7.43 Å². The molecule has 0 radical (unpaired) electrons. The monoisotopic (exact) mass is 498 g/mol. The van der Waals surface area contributed by atoms with Gasteiger partial charge in [0.05, 0.1) is 0 Å². The van der Waals surface area contributed by atoms with Crippen molar-refractivity contribution < 1.29 is 14.3 Å². The van der Waals surface area contributed by atoms with E-state index in [1.165, 1.54) is 26.7 Å². The topological polar surface area (TPSA) is 35.5 Å². The van der Waals surface area contributed by atoms with E-state index in [4.69, 9.17) is 9.47 Å². The van der Waals surface area contributed by atoms with Gasteiger partial charge in [0, 0.05) is 0 Å². The van der Waals surface area contributed by atoms with Gasteiger partial charge in [0.25, 0.3) is 0 Å². The van der Waals surface area contributed by atoms with Crippen molar-refractivity contribution in [3.8, 4) is 16.9 Å². The summed E-state index contributed by atoms with van der Waals surface area (Å²) >= 11 is 0.333. The molecule has 3 aromatic carbocycles. The van der Waals surface area contributed by atoms with Crippen LogP contribution in [0, 0.1) is 13.8 Å². The third-order valence-corrected chi connectivity index (χ3v) is 7.31. The maximum atomic E-state index is 12.0. The van der Waals surface area contributed by atoms with Gasteiger partial charge in [-0.25, -0.2) is 0 Å². The van der Waals surface area contributed by atoms with E-state index in [2.05, 4.69) is 67.6 Å². The average Bonchev–Trinajstić information content (AvgIpc) is 2.78. The van der Waals surface area contributed by atoms with E-state index in [1.807, 2.05) is 26.8 Å². The van der Waals surface area contributed by atoms with E-state index in [0.29, 0.717) is 28.0 Å². The Labute approximate surface area is 199 Å². The summed E-state index contributed by atoms with van der Waals surface area (Å²) in [4.78, 5) is 12.0. The van der Waals surface area contributed by atoms with Crippen LogP contribution < -0.4 is 9.20 Å². The van der Waals surface area contributed by atoms with Gasteiger partial charge in [0.15, 0.2) is 0 Å². The number of hydrogen-bond donors (Lipinski definition) is 0. The van der Waals surface area contributed by atoms with Crippen LogP contribution in [0.1, 0.15) is 44.4 Å². The first kappa shape index (κ1) is 25.7. The quantitative estimate of drug-likeness (QED) is 0.275. The molecule has 0 aliphatic heterocycles. The van der Waals surface area contributed by atoms with Crippen molar-refractivity contribution in [2.24, 2.45) is 0 Å². The molecule has 0 spiro atoms. The van der Waals surface area contributed by atoms with Crippen LogP contribution in [0.2, 0.25) is 0 Å². The Balaban J connectivity index is 0.00000363. The first-order valence-electron chi connectivity index (χ1n) is 10.7. The van der Waals surface area contributed by atoms with Crippen LogP contribution in [0.3, 0.4) is 0 Å². The van der Waals surface area contributed by atoms with E-state index < -0.39 is 6.10 Å². The van der Waals surface area contributed by atoms with E-state index in [1.54, 1.807) is 0 Å². The first-order valence-corrected chi connectivity index (χ1v) is 12.8. The van der Waals surface area contributed by atoms with Crippen molar-refractivity contribution in [1.82, 2.24) is 0 Å². The third kappa shape index (κ3) is 6.98. The Morgan fingerprint density at radius 1 is 0.906 bits per heavy atom. The zero-order valence-corrected chi connectivity index (χ0v) is 20.4. The van der Waals surface area contributed by atoms with Gasteiger partial charge < -0.3 is 0 Å². The molecule has 170 valence electrons. The average molecular weight is 498 g/mol. The molecule has 0 saturated carbocycles. The molecule has 0 aromatic heterocycles. The zero-order valence-electron chi connectivity index (χ0n) is 18.7. The Morgan fingerprint density at radius 2 is 1.53 bits per heavy atom. The van der Waals surface area contributed by atoms with E-state index in [0.717, 1.165) is 16.6 Å². The minimum absolute atomic E-state index is 0. The summed E-state index contributed by atoms with van der Waals surface area (Å²) < 4.78 is 12.3. The second kappa shape index (κ2) is 12.5. The molecular weight excluding hydrogens is 463 g/mol. The second-order valence-electron chi connectivity index (χ2n) is 7.55. The van der Waals surface area contributed by atoms with E-state index >= 15 is 0 Å². The molecule has 0 amide bonds. The molecule has 1 unspecified atom stereocenters. The van der Waals surface area contributed by atoms with Gasteiger partial charge in [-0.3, -0.25) is 0 Å². The molecule has 3 aromatic rings. The number of hydrogen-bond acceptors (Lipinski definition) is 3. The van der Waals surface area contributed by atoms with Crippen molar-refractivity contribution in [3.05, 3.63) is 83.4 Å². The van der Waals surface area contributed by atoms with Gasteiger partial charge in [-0.15, -0.1) is 0 Å². The number of benzene rings is 3. The molecule has 3 nitrogen and oxygen atoms in total. The fraction of sp³-hybridized carbons (Fsp3) is 0.321. The van der Waals surface area contributed by atoms with Crippen LogP contribution in [0.15, 0.2) is 66.7 Å². The van der Waals surface area contributed by atoms with Crippen molar-refractivity contribution >= 4 is 25.4 Å². The zero-order chi connectivity index (χ0) is 22.2. The number of carbonyl (C=O) groups is 1. The number of aryl methyl sites for hydroxylation is 2. The molecule has 3 rings (SSSR count). The third-order valence-electron chi connectivity index (χ3n) is 5.08. The molecule has 0 fully saturated rings. The Morgan fingerprint density at radius 3 is 2.09 bits per heavy atom.